The highest BCUT2D eigenvalue weighted by Gasteiger charge is 2.30. The highest BCUT2D eigenvalue weighted by molar-refractivity contribution is 9.10. The van der Waals surface area contributed by atoms with E-state index in [0.717, 1.165) is 21.2 Å². The molecule has 3 aromatic rings. The zero-order valence-electron chi connectivity index (χ0n) is 20.5. The molecule has 1 atom stereocenters. The SMILES string of the molecule is Cc1ccccc1OCC(=O)N(Cc1cccc(Br)c1)[C@@H](Cc1ccccc1)C(=O)NCC(C)C. The van der Waals surface area contributed by atoms with E-state index in [9.17, 15) is 9.59 Å². The average Bonchev–Trinajstić information content (AvgIpc) is 2.84. The highest BCUT2D eigenvalue weighted by Crippen LogP contribution is 2.20. The van der Waals surface area contributed by atoms with Crippen molar-refractivity contribution in [1.29, 1.82) is 0 Å². The number of ether oxygens (including phenoxy) is 1. The third kappa shape index (κ3) is 8.25. The molecule has 0 heterocycles. The Balaban J connectivity index is 1.91. The summed E-state index contributed by atoms with van der Waals surface area (Å²) < 4.78 is 6.81. The summed E-state index contributed by atoms with van der Waals surface area (Å²) in [5.74, 6) is 0.553. The number of halogens is 1. The van der Waals surface area contributed by atoms with E-state index < -0.39 is 6.04 Å². The molecular weight excluding hydrogens is 504 g/mol. The minimum atomic E-state index is -0.678. The van der Waals surface area contributed by atoms with Gasteiger partial charge in [-0.2, -0.15) is 0 Å². The molecule has 5 nitrogen and oxygen atoms in total. The molecule has 3 aromatic carbocycles. The first kappa shape index (κ1) is 26.5. The largest absolute Gasteiger partial charge is 0.484 e. The van der Waals surface area contributed by atoms with E-state index in [2.05, 4.69) is 21.2 Å². The summed E-state index contributed by atoms with van der Waals surface area (Å²) in [6, 6.07) is 24.5. The molecule has 0 saturated heterocycles. The summed E-state index contributed by atoms with van der Waals surface area (Å²) in [5.41, 5.74) is 2.87. The fraction of sp³-hybridized carbons (Fsp3) is 0.310. The monoisotopic (exact) mass is 536 g/mol. The number of hydrogen-bond donors (Lipinski definition) is 1. The Morgan fingerprint density at radius 1 is 0.943 bits per heavy atom. The Labute approximate surface area is 216 Å². The fourth-order valence-electron chi connectivity index (χ4n) is 3.75. The van der Waals surface area contributed by atoms with E-state index in [0.29, 0.717) is 31.2 Å². The van der Waals surface area contributed by atoms with Crippen LogP contribution in [-0.2, 0) is 22.6 Å². The molecule has 0 aliphatic rings. The lowest BCUT2D eigenvalue weighted by Gasteiger charge is -2.32. The number of carbonyl (C=O) groups excluding carboxylic acids is 2. The van der Waals surface area contributed by atoms with Gasteiger partial charge in [0.05, 0.1) is 0 Å². The van der Waals surface area contributed by atoms with Gasteiger partial charge in [0, 0.05) is 24.0 Å². The topological polar surface area (TPSA) is 58.6 Å². The van der Waals surface area contributed by atoms with E-state index in [1.54, 1.807) is 4.90 Å². The van der Waals surface area contributed by atoms with Crippen molar-refractivity contribution >= 4 is 27.7 Å². The van der Waals surface area contributed by atoms with Gasteiger partial charge in [-0.15, -0.1) is 0 Å². The molecule has 0 spiro atoms. The third-order valence-electron chi connectivity index (χ3n) is 5.64. The lowest BCUT2D eigenvalue weighted by Crippen LogP contribution is -2.52. The lowest BCUT2D eigenvalue weighted by atomic mass is 10.0. The molecule has 35 heavy (non-hydrogen) atoms. The van der Waals surface area contributed by atoms with Crippen LogP contribution in [0.5, 0.6) is 5.75 Å². The van der Waals surface area contributed by atoms with Crippen LogP contribution in [0.25, 0.3) is 0 Å². The van der Waals surface area contributed by atoms with Gasteiger partial charge in [0.15, 0.2) is 6.61 Å². The first-order valence-corrected chi connectivity index (χ1v) is 12.7. The minimum absolute atomic E-state index is 0.151. The van der Waals surface area contributed by atoms with Crippen molar-refractivity contribution in [2.75, 3.05) is 13.2 Å². The van der Waals surface area contributed by atoms with Gasteiger partial charge >= 0.3 is 0 Å². The van der Waals surface area contributed by atoms with Crippen LogP contribution in [0.4, 0.5) is 0 Å². The molecule has 0 aliphatic carbocycles. The van der Waals surface area contributed by atoms with Gasteiger partial charge in [-0.1, -0.05) is 90.4 Å². The van der Waals surface area contributed by atoms with Crippen LogP contribution in [0.2, 0.25) is 0 Å². The van der Waals surface area contributed by atoms with Gasteiger partial charge in [0.1, 0.15) is 11.8 Å². The summed E-state index contributed by atoms with van der Waals surface area (Å²) in [7, 11) is 0. The van der Waals surface area contributed by atoms with Crippen LogP contribution in [0.3, 0.4) is 0 Å². The molecule has 184 valence electrons. The summed E-state index contributed by atoms with van der Waals surface area (Å²) in [6.45, 7) is 6.73. The Bertz CT molecular complexity index is 1120. The van der Waals surface area contributed by atoms with Crippen LogP contribution < -0.4 is 10.1 Å². The van der Waals surface area contributed by atoms with Gasteiger partial charge in [-0.25, -0.2) is 0 Å². The molecule has 0 saturated carbocycles. The molecule has 0 aromatic heterocycles. The number of amides is 2. The zero-order valence-corrected chi connectivity index (χ0v) is 22.1. The van der Waals surface area contributed by atoms with Gasteiger partial charge < -0.3 is 15.0 Å². The Morgan fingerprint density at radius 3 is 2.31 bits per heavy atom. The summed E-state index contributed by atoms with van der Waals surface area (Å²) >= 11 is 3.51. The smallest absolute Gasteiger partial charge is 0.261 e. The number of aryl methyl sites for hydroxylation is 1. The number of nitrogens with one attached hydrogen (secondary N) is 1. The van der Waals surface area contributed by atoms with Crippen LogP contribution in [0.1, 0.15) is 30.5 Å². The number of nitrogens with zero attached hydrogens (tertiary/aromatic N) is 1. The van der Waals surface area contributed by atoms with Crippen molar-refractivity contribution < 1.29 is 14.3 Å². The predicted octanol–water partition coefficient (Wildman–Crippen LogP) is 5.55. The first-order chi connectivity index (χ1) is 16.8. The summed E-state index contributed by atoms with van der Waals surface area (Å²) in [6.07, 6.45) is 0.412. The van der Waals surface area contributed by atoms with Crippen LogP contribution in [0.15, 0.2) is 83.3 Å². The summed E-state index contributed by atoms with van der Waals surface area (Å²) in [4.78, 5) is 28.7. The second-order valence-electron chi connectivity index (χ2n) is 9.05. The zero-order chi connectivity index (χ0) is 25.2. The third-order valence-corrected chi connectivity index (χ3v) is 6.14. The van der Waals surface area contributed by atoms with Crippen LogP contribution in [-0.4, -0.2) is 35.9 Å². The van der Waals surface area contributed by atoms with E-state index in [1.807, 2.05) is 99.6 Å². The Kier molecular flexibility index (Phi) is 9.91. The van der Waals surface area contributed by atoms with Crippen molar-refractivity contribution in [3.05, 3.63) is 100 Å². The van der Waals surface area contributed by atoms with Crippen molar-refractivity contribution in [1.82, 2.24) is 10.2 Å². The molecule has 1 N–H and O–H groups in total. The van der Waals surface area contributed by atoms with Crippen molar-refractivity contribution in [3.63, 3.8) is 0 Å². The molecule has 0 unspecified atom stereocenters. The van der Waals surface area contributed by atoms with Crippen LogP contribution in [0, 0.1) is 12.8 Å². The Morgan fingerprint density at radius 2 is 1.63 bits per heavy atom. The number of para-hydroxylation sites is 1. The van der Waals surface area contributed by atoms with Crippen molar-refractivity contribution in [3.8, 4) is 5.75 Å². The fourth-order valence-corrected chi connectivity index (χ4v) is 4.20. The Hall–Kier alpha value is -3.12. The van der Waals surface area contributed by atoms with E-state index in [1.165, 1.54) is 0 Å². The standard InChI is InChI=1S/C29H33BrN2O3/c1-21(2)18-31-29(34)26(17-23-11-5-4-6-12-23)32(19-24-13-9-14-25(30)16-24)28(33)20-35-27-15-8-7-10-22(27)3/h4-16,21,26H,17-20H2,1-3H3,(H,31,34)/t26-/m0/s1. The molecule has 0 aliphatic heterocycles. The maximum atomic E-state index is 13.6. The quantitative estimate of drug-likeness (QED) is 0.349. The van der Waals surface area contributed by atoms with E-state index in [-0.39, 0.29) is 18.4 Å². The second-order valence-corrected chi connectivity index (χ2v) is 9.97. The predicted molar refractivity (Wildman–Crippen MR) is 143 cm³/mol. The summed E-state index contributed by atoms with van der Waals surface area (Å²) in [5, 5.41) is 3.03. The molecule has 0 fully saturated rings. The normalized spacial score (nSPS) is 11.7. The van der Waals surface area contributed by atoms with Crippen molar-refractivity contribution in [2.45, 2.75) is 39.8 Å². The number of carbonyl (C=O) groups is 2. The highest BCUT2D eigenvalue weighted by atomic mass is 79.9. The number of hydrogen-bond acceptors (Lipinski definition) is 3. The molecule has 0 radical (unpaired) electrons. The maximum Gasteiger partial charge on any atom is 0.261 e. The van der Waals surface area contributed by atoms with Crippen molar-refractivity contribution in [2.24, 2.45) is 5.92 Å². The minimum Gasteiger partial charge on any atom is -0.484 e. The molecule has 3 rings (SSSR count). The maximum absolute atomic E-state index is 13.6. The number of rotatable bonds is 11. The molecule has 0 bridgehead atoms. The van der Waals surface area contributed by atoms with E-state index in [4.69, 9.17) is 4.74 Å². The van der Waals surface area contributed by atoms with Crippen LogP contribution >= 0.6 is 15.9 Å². The van der Waals surface area contributed by atoms with Gasteiger partial charge in [-0.05, 0) is 47.7 Å². The van der Waals surface area contributed by atoms with Gasteiger partial charge in [0.25, 0.3) is 5.91 Å². The average molecular weight is 537 g/mol. The molecule has 2 amide bonds. The number of benzene rings is 3. The van der Waals surface area contributed by atoms with Gasteiger partial charge in [0.2, 0.25) is 5.91 Å². The molecular formula is C29H33BrN2O3. The van der Waals surface area contributed by atoms with Gasteiger partial charge in [-0.3, -0.25) is 9.59 Å². The lowest BCUT2D eigenvalue weighted by molar-refractivity contribution is -0.142. The van der Waals surface area contributed by atoms with E-state index >= 15 is 0 Å². The molecule has 6 heteroatoms. The first-order valence-electron chi connectivity index (χ1n) is 11.9. The second kappa shape index (κ2) is 13.1.